The molecule has 1 amide bonds. The van der Waals surface area contributed by atoms with E-state index in [1.54, 1.807) is 54.6 Å². The zero-order valence-electron chi connectivity index (χ0n) is 15.9. The van der Waals surface area contributed by atoms with Gasteiger partial charge < -0.3 is 9.47 Å². The molecule has 0 radical (unpaired) electrons. The average molecular weight is 420 g/mol. The predicted octanol–water partition coefficient (Wildman–Crippen LogP) is 4.32. The molecule has 30 heavy (non-hydrogen) atoms. The fourth-order valence-electron chi connectivity index (χ4n) is 2.48. The number of nitrogens with one attached hydrogen (secondary N) is 1. The molecule has 0 atom stereocenters. The van der Waals surface area contributed by atoms with Crippen LogP contribution >= 0.6 is 11.6 Å². The Morgan fingerprint density at radius 3 is 2.53 bits per heavy atom. The molecule has 0 aliphatic rings. The standard InChI is InChI=1S/C23H18ClN3O3/c24-21-7-3-4-8-22(21)30-16-23(28)27-26-14-17-9-11-20(12-10-17)29-15-19-6-2-1-5-18(19)13-25/h1-12,14H,15-16H2,(H,27,28). The van der Waals surface area contributed by atoms with Crippen molar-refractivity contribution in [2.24, 2.45) is 5.10 Å². The molecular weight excluding hydrogens is 402 g/mol. The highest BCUT2D eigenvalue weighted by Crippen LogP contribution is 2.22. The number of hydrogen-bond acceptors (Lipinski definition) is 5. The molecule has 0 saturated carbocycles. The Morgan fingerprint density at radius 2 is 1.77 bits per heavy atom. The van der Waals surface area contributed by atoms with Crippen LogP contribution in [0.25, 0.3) is 0 Å². The van der Waals surface area contributed by atoms with E-state index in [2.05, 4.69) is 16.6 Å². The summed E-state index contributed by atoms with van der Waals surface area (Å²) in [5, 5.41) is 13.5. The molecule has 6 nitrogen and oxygen atoms in total. The van der Waals surface area contributed by atoms with Crippen molar-refractivity contribution in [2.45, 2.75) is 6.61 Å². The molecule has 0 fully saturated rings. The second-order valence-electron chi connectivity index (χ2n) is 6.14. The van der Waals surface area contributed by atoms with Gasteiger partial charge in [0.05, 0.1) is 22.9 Å². The molecule has 3 rings (SSSR count). The number of ether oxygens (including phenoxy) is 2. The normalized spacial score (nSPS) is 10.4. The number of benzene rings is 3. The van der Waals surface area contributed by atoms with E-state index < -0.39 is 5.91 Å². The van der Waals surface area contributed by atoms with Gasteiger partial charge in [0.1, 0.15) is 18.1 Å². The summed E-state index contributed by atoms with van der Waals surface area (Å²) in [6, 6.07) is 23.6. The second-order valence-corrected chi connectivity index (χ2v) is 6.55. The summed E-state index contributed by atoms with van der Waals surface area (Å²) in [5.41, 5.74) is 4.60. The van der Waals surface area contributed by atoms with Crippen LogP contribution in [0.5, 0.6) is 11.5 Å². The Balaban J connectivity index is 1.45. The van der Waals surface area contributed by atoms with E-state index in [0.29, 0.717) is 28.7 Å². The van der Waals surface area contributed by atoms with Gasteiger partial charge in [0, 0.05) is 5.56 Å². The lowest BCUT2D eigenvalue weighted by molar-refractivity contribution is -0.123. The molecule has 0 bridgehead atoms. The van der Waals surface area contributed by atoms with Crippen molar-refractivity contribution in [1.82, 2.24) is 5.43 Å². The molecule has 0 saturated heterocycles. The maximum Gasteiger partial charge on any atom is 0.277 e. The Bertz CT molecular complexity index is 1080. The second kappa shape index (κ2) is 10.6. The molecule has 3 aromatic carbocycles. The van der Waals surface area contributed by atoms with Crippen LogP contribution in [0.2, 0.25) is 5.02 Å². The third kappa shape index (κ3) is 6.09. The monoisotopic (exact) mass is 419 g/mol. The number of hydrogen-bond donors (Lipinski definition) is 1. The molecule has 3 aromatic rings. The predicted molar refractivity (Wildman–Crippen MR) is 115 cm³/mol. The highest BCUT2D eigenvalue weighted by Gasteiger charge is 2.04. The first kappa shape index (κ1) is 20.9. The minimum absolute atomic E-state index is 0.196. The summed E-state index contributed by atoms with van der Waals surface area (Å²) < 4.78 is 11.1. The minimum Gasteiger partial charge on any atom is -0.489 e. The van der Waals surface area contributed by atoms with Gasteiger partial charge in [0.2, 0.25) is 0 Å². The van der Waals surface area contributed by atoms with E-state index in [9.17, 15) is 4.79 Å². The third-order valence-electron chi connectivity index (χ3n) is 4.01. The fraction of sp³-hybridized carbons (Fsp3) is 0.0870. The van der Waals surface area contributed by atoms with E-state index in [1.165, 1.54) is 6.21 Å². The maximum atomic E-state index is 11.8. The van der Waals surface area contributed by atoms with Gasteiger partial charge in [-0.1, -0.05) is 41.9 Å². The molecule has 1 N–H and O–H groups in total. The average Bonchev–Trinajstić information content (AvgIpc) is 2.78. The van der Waals surface area contributed by atoms with Crippen LogP contribution in [-0.2, 0) is 11.4 Å². The molecule has 150 valence electrons. The van der Waals surface area contributed by atoms with E-state index >= 15 is 0 Å². The van der Waals surface area contributed by atoms with Gasteiger partial charge in [-0.15, -0.1) is 0 Å². The summed E-state index contributed by atoms with van der Waals surface area (Å²) in [5.74, 6) is 0.700. The first-order valence-electron chi connectivity index (χ1n) is 9.06. The van der Waals surface area contributed by atoms with E-state index in [-0.39, 0.29) is 6.61 Å². The van der Waals surface area contributed by atoms with E-state index in [0.717, 1.165) is 11.1 Å². The first-order chi connectivity index (χ1) is 14.7. The summed E-state index contributed by atoms with van der Waals surface area (Å²) >= 11 is 5.97. The molecule has 0 unspecified atom stereocenters. The van der Waals surface area contributed by atoms with E-state index in [1.807, 2.05) is 18.2 Å². The van der Waals surface area contributed by atoms with Crippen molar-refractivity contribution in [3.63, 3.8) is 0 Å². The Hall–Kier alpha value is -3.82. The maximum absolute atomic E-state index is 11.8. The minimum atomic E-state index is -0.401. The topological polar surface area (TPSA) is 83.7 Å². The highest BCUT2D eigenvalue weighted by atomic mass is 35.5. The first-order valence-corrected chi connectivity index (χ1v) is 9.43. The molecule has 7 heteroatoms. The van der Waals surface area contributed by atoms with Crippen molar-refractivity contribution in [3.8, 4) is 17.6 Å². The quantitative estimate of drug-likeness (QED) is 0.435. The largest absolute Gasteiger partial charge is 0.489 e. The van der Waals surface area contributed by atoms with Crippen molar-refractivity contribution >= 4 is 23.7 Å². The van der Waals surface area contributed by atoms with Gasteiger partial charge in [-0.25, -0.2) is 5.43 Å². The lowest BCUT2D eigenvalue weighted by Gasteiger charge is -2.08. The highest BCUT2D eigenvalue weighted by molar-refractivity contribution is 6.32. The Morgan fingerprint density at radius 1 is 1.03 bits per heavy atom. The van der Waals surface area contributed by atoms with Gasteiger partial charge in [0.15, 0.2) is 6.61 Å². The van der Waals surface area contributed by atoms with Crippen LogP contribution in [-0.4, -0.2) is 18.7 Å². The Kier molecular flexibility index (Phi) is 7.42. The lowest BCUT2D eigenvalue weighted by Crippen LogP contribution is -2.24. The summed E-state index contributed by atoms with van der Waals surface area (Å²) in [7, 11) is 0. The molecule has 0 spiro atoms. The Labute approximate surface area is 179 Å². The number of nitrogens with zero attached hydrogens (tertiary/aromatic N) is 2. The van der Waals surface area contributed by atoms with Crippen LogP contribution in [0.3, 0.4) is 0 Å². The van der Waals surface area contributed by atoms with Crippen molar-refractivity contribution in [3.05, 3.63) is 94.5 Å². The zero-order chi connectivity index (χ0) is 21.2. The van der Waals surface area contributed by atoms with Crippen molar-refractivity contribution in [2.75, 3.05) is 6.61 Å². The van der Waals surface area contributed by atoms with Gasteiger partial charge in [-0.3, -0.25) is 4.79 Å². The van der Waals surface area contributed by atoms with Crippen molar-refractivity contribution < 1.29 is 14.3 Å². The smallest absolute Gasteiger partial charge is 0.277 e. The van der Waals surface area contributed by atoms with Crippen molar-refractivity contribution in [1.29, 1.82) is 5.26 Å². The van der Waals surface area contributed by atoms with Gasteiger partial charge in [0.25, 0.3) is 5.91 Å². The summed E-state index contributed by atoms with van der Waals surface area (Å²) in [6.07, 6.45) is 1.52. The summed E-state index contributed by atoms with van der Waals surface area (Å²) in [4.78, 5) is 11.8. The SMILES string of the molecule is N#Cc1ccccc1COc1ccc(C=NNC(=O)COc2ccccc2Cl)cc1. The number of carbonyl (C=O) groups excluding carboxylic acids is 1. The summed E-state index contributed by atoms with van der Waals surface area (Å²) in [6.45, 7) is 0.108. The van der Waals surface area contributed by atoms with Crippen LogP contribution in [0.15, 0.2) is 77.9 Å². The lowest BCUT2D eigenvalue weighted by atomic mass is 10.1. The fourth-order valence-corrected chi connectivity index (χ4v) is 2.67. The van der Waals surface area contributed by atoms with Crippen LogP contribution in [0.1, 0.15) is 16.7 Å². The van der Waals surface area contributed by atoms with Crippen LogP contribution in [0, 0.1) is 11.3 Å². The number of para-hydroxylation sites is 1. The number of hydrazone groups is 1. The van der Waals surface area contributed by atoms with Gasteiger partial charge >= 0.3 is 0 Å². The number of halogens is 1. The van der Waals surface area contributed by atoms with E-state index in [4.69, 9.17) is 26.3 Å². The molecule has 0 aliphatic carbocycles. The molecule has 0 aromatic heterocycles. The van der Waals surface area contributed by atoms with Crippen LogP contribution in [0.4, 0.5) is 0 Å². The molecule has 0 aliphatic heterocycles. The number of rotatable bonds is 8. The number of amides is 1. The molecule has 0 heterocycles. The zero-order valence-corrected chi connectivity index (χ0v) is 16.7. The van der Waals surface area contributed by atoms with Gasteiger partial charge in [-0.05, 0) is 48.0 Å². The number of carbonyl (C=O) groups is 1. The number of nitriles is 1. The molecular formula is C23H18ClN3O3. The van der Waals surface area contributed by atoms with Gasteiger partial charge in [-0.2, -0.15) is 10.4 Å². The van der Waals surface area contributed by atoms with Crippen LogP contribution < -0.4 is 14.9 Å². The third-order valence-corrected chi connectivity index (χ3v) is 4.32.